The zero-order chi connectivity index (χ0) is 16.0. The first-order valence-corrected chi connectivity index (χ1v) is 8.90. The smallest absolute Gasteiger partial charge is 0.323 e. The van der Waals surface area contributed by atoms with Crippen molar-refractivity contribution in [2.45, 2.75) is 45.7 Å². The molecule has 0 aromatic carbocycles. The van der Waals surface area contributed by atoms with E-state index < -0.39 is 9.84 Å². The van der Waals surface area contributed by atoms with E-state index in [-0.39, 0.29) is 16.9 Å². The molecule has 1 amide bonds. The molecule has 0 fully saturated rings. The van der Waals surface area contributed by atoms with E-state index in [2.05, 4.69) is 10.1 Å². The van der Waals surface area contributed by atoms with Crippen molar-refractivity contribution >= 4 is 15.9 Å². The lowest BCUT2D eigenvalue weighted by molar-refractivity contribution is 0.192. The molecule has 8 heteroatoms. The van der Waals surface area contributed by atoms with Crippen molar-refractivity contribution in [1.82, 2.24) is 19.7 Å². The lowest BCUT2D eigenvalue weighted by atomic mass is 10.2. The fraction of sp³-hybridized carbons (Fsp3) is 0.769. The summed E-state index contributed by atoms with van der Waals surface area (Å²) in [6.45, 7) is 8.93. The minimum atomic E-state index is -3.50. The van der Waals surface area contributed by atoms with Gasteiger partial charge in [0, 0.05) is 13.1 Å². The summed E-state index contributed by atoms with van der Waals surface area (Å²) in [5.41, 5.74) is 0. The normalized spacial score (nSPS) is 11.9. The molecule has 0 atom stereocenters. The molecule has 7 nitrogen and oxygen atoms in total. The molecule has 0 unspecified atom stereocenters. The Labute approximate surface area is 126 Å². The maximum Gasteiger partial charge on any atom is 0.346 e. The van der Waals surface area contributed by atoms with Crippen LogP contribution in [0.25, 0.3) is 0 Å². The van der Waals surface area contributed by atoms with Gasteiger partial charge < -0.3 is 4.90 Å². The van der Waals surface area contributed by atoms with Gasteiger partial charge >= 0.3 is 6.03 Å². The Morgan fingerprint density at radius 1 is 1.38 bits per heavy atom. The van der Waals surface area contributed by atoms with E-state index in [1.165, 1.54) is 6.33 Å². The highest BCUT2D eigenvalue weighted by Crippen LogP contribution is 2.08. The number of carbonyl (C=O) groups is 1. The van der Waals surface area contributed by atoms with Crippen molar-refractivity contribution in [3.8, 4) is 0 Å². The largest absolute Gasteiger partial charge is 0.346 e. The Bertz CT molecular complexity index is 566. The van der Waals surface area contributed by atoms with E-state index >= 15 is 0 Å². The summed E-state index contributed by atoms with van der Waals surface area (Å²) in [7, 11) is -3.50. The minimum absolute atomic E-state index is 0.00515. The van der Waals surface area contributed by atoms with Gasteiger partial charge in [0.1, 0.15) is 6.33 Å². The molecule has 1 aromatic rings. The Morgan fingerprint density at radius 3 is 2.57 bits per heavy atom. The Morgan fingerprint density at radius 2 is 2.05 bits per heavy atom. The van der Waals surface area contributed by atoms with Crippen LogP contribution in [-0.2, 0) is 9.84 Å². The second-order valence-corrected chi connectivity index (χ2v) is 7.36. The van der Waals surface area contributed by atoms with E-state index in [1.807, 2.05) is 27.7 Å². The predicted molar refractivity (Wildman–Crippen MR) is 79.9 cm³/mol. The fourth-order valence-corrected chi connectivity index (χ4v) is 3.11. The van der Waals surface area contributed by atoms with Gasteiger partial charge in [0.15, 0.2) is 0 Å². The lowest BCUT2D eigenvalue weighted by Gasteiger charge is -2.21. The molecule has 0 aliphatic heterocycles. The average Bonchev–Trinajstić information content (AvgIpc) is 2.92. The third kappa shape index (κ3) is 4.80. The molecule has 0 spiro atoms. The summed E-state index contributed by atoms with van der Waals surface area (Å²) in [6, 6.07) is -0.351. The number of unbranched alkanes of at least 4 members (excludes halogenated alkanes) is 1. The third-order valence-electron chi connectivity index (χ3n) is 2.95. The zero-order valence-corrected chi connectivity index (χ0v) is 13.9. The maximum absolute atomic E-state index is 12.3. The van der Waals surface area contributed by atoms with Crippen LogP contribution in [0.3, 0.4) is 0 Å². The molecule has 1 aromatic heterocycles. The van der Waals surface area contributed by atoms with Crippen molar-refractivity contribution in [2.75, 3.05) is 18.8 Å². The van der Waals surface area contributed by atoms with Crippen molar-refractivity contribution in [3.63, 3.8) is 0 Å². The first-order valence-electron chi connectivity index (χ1n) is 7.25. The molecule has 0 radical (unpaired) electrons. The molecule has 0 saturated heterocycles. The first kappa shape index (κ1) is 17.6. The molecule has 0 bridgehead atoms. The van der Waals surface area contributed by atoms with Crippen molar-refractivity contribution in [2.24, 2.45) is 5.92 Å². The van der Waals surface area contributed by atoms with Crippen LogP contribution in [0, 0.1) is 5.92 Å². The number of nitrogens with zero attached hydrogens (tertiary/aromatic N) is 4. The maximum atomic E-state index is 12.3. The molecule has 21 heavy (non-hydrogen) atoms. The van der Waals surface area contributed by atoms with Gasteiger partial charge in [-0.3, -0.25) is 0 Å². The van der Waals surface area contributed by atoms with Crippen LogP contribution in [0.2, 0.25) is 0 Å². The molecule has 0 saturated carbocycles. The number of sulfone groups is 1. The minimum Gasteiger partial charge on any atom is -0.323 e. The molecule has 1 heterocycles. The van der Waals surface area contributed by atoms with Gasteiger partial charge in [0.2, 0.25) is 9.84 Å². The quantitative estimate of drug-likeness (QED) is 0.765. The number of aromatic nitrogens is 3. The molecular weight excluding hydrogens is 292 g/mol. The van der Waals surface area contributed by atoms with Crippen molar-refractivity contribution < 1.29 is 13.2 Å². The molecule has 120 valence electrons. The average molecular weight is 316 g/mol. The van der Waals surface area contributed by atoms with Crippen LogP contribution < -0.4 is 0 Å². The van der Waals surface area contributed by atoms with Gasteiger partial charge in [0.05, 0.1) is 5.75 Å². The van der Waals surface area contributed by atoms with Gasteiger partial charge in [-0.2, -0.15) is 4.68 Å². The van der Waals surface area contributed by atoms with Crippen LogP contribution in [-0.4, -0.2) is 53.0 Å². The number of amides is 1. The van der Waals surface area contributed by atoms with Gasteiger partial charge in [-0.1, -0.05) is 27.2 Å². The van der Waals surface area contributed by atoms with Gasteiger partial charge in [0.25, 0.3) is 5.16 Å². The van der Waals surface area contributed by atoms with Crippen molar-refractivity contribution in [1.29, 1.82) is 0 Å². The highest BCUT2D eigenvalue weighted by Gasteiger charge is 2.22. The standard InChI is InChI=1S/C13H24N4O3S/c1-5-7-8-21(19,20)12-14-10-17(15-12)13(18)16(6-2)9-11(3)4/h10-11H,5-9H2,1-4H3. The fourth-order valence-electron chi connectivity index (χ4n) is 1.84. The summed E-state index contributed by atoms with van der Waals surface area (Å²) in [5, 5.41) is 3.56. The second-order valence-electron chi connectivity index (χ2n) is 5.36. The summed E-state index contributed by atoms with van der Waals surface area (Å²) in [4.78, 5) is 17.6. The van der Waals surface area contributed by atoms with E-state index in [0.29, 0.717) is 25.4 Å². The highest BCUT2D eigenvalue weighted by molar-refractivity contribution is 7.91. The zero-order valence-electron chi connectivity index (χ0n) is 13.1. The van der Waals surface area contributed by atoms with E-state index in [1.54, 1.807) is 4.90 Å². The molecule has 0 aliphatic carbocycles. The third-order valence-corrected chi connectivity index (χ3v) is 4.52. The van der Waals surface area contributed by atoms with Crippen LogP contribution >= 0.6 is 0 Å². The predicted octanol–water partition coefficient (Wildman–Crippen LogP) is 1.80. The monoisotopic (exact) mass is 316 g/mol. The number of hydrogen-bond donors (Lipinski definition) is 0. The highest BCUT2D eigenvalue weighted by atomic mass is 32.2. The second kappa shape index (κ2) is 7.53. The SMILES string of the molecule is CCCCS(=O)(=O)c1ncn(C(=O)N(CC)CC(C)C)n1. The Balaban J connectivity index is 2.89. The van der Waals surface area contributed by atoms with Crippen LogP contribution in [0.4, 0.5) is 4.79 Å². The van der Waals surface area contributed by atoms with Crippen LogP contribution in [0.15, 0.2) is 11.5 Å². The summed E-state index contributed by atoms with van der Waals surface area (Å²) < 4.78 is 25.0. The molecule has 0 aliphatic rings. The Hall–Kier alpha value is -1.44. The summed E-state index contributed by atoms with van der Waals surface area (Å²) in [6.07, 6.45) is 2.50. The van der Waals surface area contributed by atoms with Gasteiger partial charge in [-0.15, -0.1) is 5.10 Å². The first-order chi connectivity index (χ1) is 9.81. The molecule has 1 rings (SSSR count). The number of hydrogen-bond acceptors (Lipinski definition) is 5. The van der Waals surface area contributed by atoms with Gasteiger partial charge in [-0.25, -0.2) is 18.2 Å². The Kier molecular flexibility index (Phi) is 6.32. The molecular formula is C13H24N4O3S. The lowest BCUT2D eigenvalue weighted by Crippen LogP contribution is -2.37. The van der Waals surface area contributed by atoms with E-state index in [4.69, 9.17) is 0 Å². The van der Waals surface area contributed by atoms with E-state index in [0.717, 1.165) is 11.1 Å². The summed E-state index contributed by atoms with van der Waals surface area (Å²) >= 11 is 0. The topological polar surface area (TPSA) is 85.2 Å². The van der Waals surface area contributed by atoms with Crippen LogP contribution in [0.5, 0.6) is 0 Å². The number of rotatable bonds is 7. The van der Waals surface area contributed by atoms with E-state index in [9.17, 15) is 13.2 Å². The number of carbonyl (C=O) groups excluding carboxylic acids is 1. The summed E-state index contributed by atoms with van der Waals surface area (Å²) in [5.74, 6) is 0.329. The van der Waals surface area contributed by atoms with Gasteiger partial charge in [-0.05, 0) is 19.3 Å². The molecule has 0 N–H and O–H groups in total. The van der Waals surface area contributed by atoms with Crippen LogP contribution in [0.1, 0.15) is 40.5 Å². The van der Waals surface area contributed by atoms with Crippen molar-refractivity contribution in [3.05, 3.63) is 6.33 Å².